The van der Waals surface area contributed by atoms with Gasteiger partial charge < -0.3 is 9.88 Å². The maximum absolute atomic E-state index is 3.66. The van der Waals surface area contributed by atoms with Crippen molar-refractivity contribution in [3.05, 3.63) is 66.7 Å². The van der Waals surface area contributed by atoms with Crippen LogP contribution < -0.4 is 4.90 Å². The highest BCUT2D eigenvalue weighted by Crippen LogP contribution is 2.36. The van der Waals surface area contributed by atoms with Crippen molar-refractivity contribution < 1.29 is 0 Å². The average Bonchev–Trinajstić information content (AvgIpc) is 3.26. The van der Waals surface area contributed by atoms with E-state index in [1.807, 2.05) is 0 Å². The molecular formula is C20H20N2. The number of rotatable bonds is 3. The van der Waals surface area contributed by atoms with Crippen LogP contribution in [0.1, 0.15) is 12.8 Å². The van der Waals surface area contributed by atoms with E-state index < -0.39 is 0 Å². The SMILES string of the molecule is c1ccc(-c2cc(N3CCCC3)[nH]c2-c2ccccc2)cc1. The Kier molecular flexibility index (Phi) is 3.43. The summed E-state index contributed by atoms with van der Waals surface area (Å²) < 4.78 is 0. The van der Waals surface area contributed by atoms with E-state index in [-0.39, 0.29) is 0 Å². The maximum atomic E-state index is 3.66. The summed E-state index contributed by atoms with van der Waals surface area (Å²) in [5.74, 6) is 1.25. The molecule has 1 saturated heterocycles. The van der Waals surface area contributed by atoms with Gasteiger partial charge in [-0.2, -0.15) is 0 Å². The first-order chi connectivity index (χ1) is 10.9. The zero-order valence-electron chi connectivity index (χ0n) is 12.6. The van der Waals surface area contributed by atoms with Crippen LogP contribution in [-0.4, -0.2) is 18.1 Å². The highest BCUT2D eigenvalue weighted by molar-refractivity contribution is 5.84. The van der Waals surface area contributed by atoms with E-state index in [0.717, 1.165) is 13.1 Å². The Balaban J connectivity index is 1.84. The van der Waals surface area contributed by atoms with Crippen LogP contribution in [0.25, 0.3) is 22.4 Å². The van der Waals surface area contributed by atoms with E-state index in [2.05, 4.69) is 76.6 Å². The molecule has 2 aromatic carbocycles. The van der Waals surface area contributed by atoms with E-state index in [1.165, 1.54) is 41.0 Å². The summed E-state index contributed by atoms with van der Waals surface area (Å²) in [7, 11) is 0. The molecule has 0 spiro atoms. The van der Waals surface area contributed by atoms with Crippen molar-refractivity contribution in [2.24, 2.45) is 0 Å². The molecule has 0 saturated carbocycles. The number of nitrogens with one attached hydrogen (secondary N) is 1. The van der Waals surface area contributed by atoms with Gasteiger partial charge in [0.15, 0.2) is 0 Å². The molecule has 0 aliphatic carbocycles. The summed E-state index contributed by atoms with van der Waals surface area (Å²) in [5.41, 5.74) is 5.01. The zero-order valence-corrected chi connectivity index (χ0v) is 12.6. The van der Waals surface area contributed by atoms with E-state index in [4.69, 9.17) is 0 Å². The quantitative estimate of drug-likeness (QED) is 0.722. The third-order valence-corrected chi connectivity index (χ3v) is 4.40. The summed E-state index contributed by atoms with van der Waals surface area (Å²) >= 11 is 0. The average molecular weight is 288 g/mol. The topological polar surface area (TPSA) is 19.0 Å². The zero-order chi connectivity index (χ0) is 14.8. The lowest BCUT2D eigenvalue weighted by molar-refractivity contribution is 0.947. The largest absolute Gasteiger partial charge is 0.358 e. The molecule has 1 aliphatic rings. The van der Waals surface area contributed by atoms with E-state index >= 15 is 0 Å². The van der Waals surface area contributed by atoms with E-state index in [9.17, 15) is 0 Å². The van der Waals surface area contributed by atoms with Crippen LogP contribution in [0.5, 0.6) is 0 Å². The molecule has 0 bridgehead atoms. The highest BCUT2D eigenvalue weighted by Gasteiger charge is 2.18. The van der Waals surface area contributed by atoms with Crippen LogP contribution in [0, 0.1) is 0 Å². The second-order valence-corrected chi connectivity index (χ2v) is 5.87. The molecule has 4 rings (SSSR count). The number of H-pyrrole nitrogens is 1. The molecule has 0 amide bonds. The van der Waals surface area contributed by atoms with Crippen LogP contribution >= 0.6 is 0 Å². The minimum absolute atomic E-state index is 1.16. The van der Waals surface area contributed by atoms with Gasteiger partial charge in [-0.1, -0.05) is 60.7 Å². The van der Waals surface area contributed by atoms with Gasteiger partial charge in [0.1, 0.15) is 5.82 Å². The standard InChI is InChI=1S/C20H20N2/c1-3-9-16(10-4-1)18-15-19(22-13-7-8-14-22)21-20(18)17-11-5-2-6-12-17/h1-6,9-12,15,21H,7-8,13-14H2. The molecule has 2 nitrogen and oxygen atoms in total. The molecule has 22 heavy (non-hydrogen) atoms. The van der Waals surface area contributed by atoms with Crippen LogP contribution in [0.2, 0.25) is 0 Å². The third-order valence-electron chi connectivity index (χ3n) is 4.40. The van der Waals surface area contributed by atoms with Crippen molar-refractivity contribution in [3.8, 4) is 22.4 Å². The molecular weight excluding hydrogens is 268 g/mol. The number of anilines is 1. The summed E-state index contributed by atoms with van der Waals surface area (Å²) in [6.45, 7) is 2.31. The Hall–Kier alpha value is -2.48. The van der Waals surface area contributed by atoms with Crippen molar-refractivity contribution in [3.63, 3.8) is 0 Å². The number of nitrogens with zero attached hydrogens (tertiary/aromatic N) is 1. The van der Waals surface area contributed by atoms with Crippen molar-refractivity contribution >= 4 is 5.82 Å². The molecule has 1 fully saturated rings. The molecule has 1 N–H and O–H groups in total. The number of hydrogen-bond donors (Lipinski definition) is 1. The summed E-state index contributed by atoms with van der Waals surface area (Å²) in [4.78, 5) is 6.12. The lowest BCUT2D eigenvalue weighted by Crippen LogP contribution is -2.17. The Labute approximate surface area is 131 Å². The van der Waals surface area contributed by atoms with Gasteiger partial charge in [-0.25, -0.2) is 0 Å². The van der Waals surface area contributed by atoms with Gasteiger partial charge in [0.2, 0.25) is 0 Å². The van der Waals surface area contributed by atoms with E-state index in [0.29, 0.717) is 0 Å². The molecule has 3 aromatic rings. The molecule has 0 radical (unpaired) electrons. The highest BCUT2D eigenvalue weighted by atomic mass is 15.2. The molecule has 1 aromatic heterocycles. The fraction of sp³-hybridized carbons (Fsp3) is 0.200. The number of benzene rings is 2. The van der Waals surface area contributed by atoms with Crippen molar-refractivity contribution in [1.82, 2.24) is 4.98 Å². The molecule has 2 heteroatoms. The van der Waals surface area contributed by atoms with Crippen LogP contribution in [-0.2, 0) is 0 Å². The first-order valence-electron chi connectivity index (χ1n) is 8.00. The Morgan fingerprint density at radius 2 is 1.32 bits per heavy atom. The summed E-state index contributed by atoms with van der Waals surface area (Å²) in [5, 5.41) is 0. The normalized spacial score (nSPS) is 14.5. The lowest BCUT2D eigenvalue weighted by atomic mass is 10.0. The van der Waals surface area contributed by atoms with Crippen LogP contribution in [0.4, 0.5) is 5.82 Å². The number of hydrogen-bond acceptors (Lipinski definition) is 1. The summed E-state index contributed by atoms with van der Waals surface area (Å²) in [6, 6.07) is 23.6. The Morgan fingerprint density at radius 3 is 1.95 bits per heavy atom. The maximum Gasteiger partial charge on any atom is 0.106 e. The molecule has 0 unspecified atom stereocenters. The number of aromatic amines is 1. The molecule has 110 valence electrons. The molecule has 0 atom stereocenters. The van der Waals surface area contributed by atoms with Crippen molar-refractivity contribution in [1.29, 1.82) is 0 Å². The molecule has 2 heterocycles. The van der Waals surface area contributed by atoms with Crippen molar-refractivity contribution in [2.45, 2.75) is 12.8 Å². The van der Waals surface area contributed by atoms with Gasteiger partial charge in [0.25, 0.3) is 0 Å². The monoisotopic (exact) mass is 288 g/mol. The second-order valence-electron chi connectivity index (χ2n) is 5.87. The van der Waals surface area contributed by atoms with Gasteiger partial charge in [0, 0.05) is 18.7 Å². The smallest absolute Gasteiger partial charge is 0.106 e. The molecule has 1 aliphatic heterocycles. The minimum Gasteiger partial charge on any atom is -0.358 e. The lowest BCUT2D eigenvalue weighted by Gasteiger charge is -2.14. The van der Waals surface area contributed by atoms with Crippen LogP contribution in [0.3, 0.4) is 0 Å². The first kappa shape index (κ1) is 13.2. The fourth-order valence-electron chi connectivity index (χ4n) is 3.25. The van der Waals surface area contributed by atoms with Gasteiger partial charge in [-0.3, -0.25) is 0 Å². The van der Waals surface area contributed by atoms with Gasteiger partial charge in [-0.15, -0.1) is 0 Å². The summed E-state index contributed by atoms with van der Waals surface area (Å²) in [6.07, 6.45) is 2.58. The van der Waals surface area contributed by atoms with Gasteiger partial charge in [0.05, 0.1) is 5.69 Å². The predicted octanol–water partition coefficient (Wildman–Crippen LogP) is 4.95. The number of aromatic nitrogens is 1. The van der Waals surface area contributed by atoms with Crippen LogP contribution in [0.15, 0.2) is 66.7 Å². The second kappa shape index (κ2) is 5.72. The van der Waals surface area contributed by atoms with Gasteiger partial charge in [-0.05, 0) is 30.0 Å². The van der Waals surface area contributed by atoms with Gasteiger partial charge >= 0.3 is 0 Å². The van der Waals surface area contributed by atoms with E-state index in [1.54, 1.807) is 0 Å². The first-order valence-corrected chi connectivity index (χ1v) is 8.00. The Morgan fingerprint density at radius 1 is 0.727 bits per heavy atom. The predicted molar refractivity (Wildman–Crippen MR) is 93.1 cm³/mol. The third kappa shape index (κ3) is 2.41. The Bertz CT molecular complexity index is 681. The fourth-order valence-corrected chi connectivity index (χ4v) is 3.25. The minimum atomic E-state index is 1.16. The van der Waals surface area contributed by atoms with Crippen molar-refractivity contribution in [2.75, 3.05) is 18.0 Å².